The van der Waals surface area contributed by atoms with E-state index in [9.17, 15) is 0 Å². The fourth-order valence-electron chi connectivity index (χ4n) is 2.10. The largest absolute Gasteiger partial charge is 0.398 e. The summed E-state index contributed by atoms with van der Waals surface area (Å²) >= 11 is 0. The Hall–Kier alpha value is -1.87. The highest BCUT2D eigenvalue weighted by Crippen LogP contribution is 2.13. The van der Waals surface area contributed by atoms with Crippen LogP contribution >= 0.6 is 0 Å². The van der Waals surface area contributed by atoms with E-state index in [1.54, 1.807) is 0 Å². The van der Waals surface area contributed by atoms with Crippen LogP contribution < -0.4 is 5.73 Å². The van der Waals surface area contributed by atoms with Crippen molar-refractivity contribution < 1.29 is 0 Å². The van der Waals surface area contributed by atoms with Gasteiger partial charge in [0.2, 0.25) is 0 Å². The second-order valence-corrected chi connectivity index (χ2v) is 4.67. The van der Waals surface area contributed by atoms with Gasteiger partial charge in [0.1, 0.15) is 0 Å². The minimum absolute atomic E-state index is 0.880. The van der Waals surface area contributed by atoms with E-state index in [2.05, 4.69) is 35.0 Å². The molecule has 1 heterocycles. The Labute approximate surface area is 115 Å². The highest BCUT2D eigenvalue weighted by Gasteiger charge is 2.06. The number of nitrogens with zero attached hydrogens (tertiary/aromatic N) is 2. The maximum atomic E-state index is 6.00. The first kappa shape index (κ1) is 13.6. The number of benzene rings is 1. The van der Waals surface area contributed by atoms with Crippen LogP contribution in [0, 0.1) is 0 Å². The lowest BCUT2D eigenvalue weighted by Crippen LogP contribution is -2.25. The average Bonchev–Trinajstić information content (AvgIpc) is 2.46. The minimum atomic E-state index is 0.880. The van der Waals surface area contributed by atoms with Crippen LogP contribution in [0.3, 0.4) is 0 Å². The SMILES string of the molecule is CCN(CCc1ccncc1)Cc1ccccc1N. The van der Waals surface area contributed by atoms with Crippen LogP contribution in [0.2, 0.25) is 0 Å². The van der Waals surface area contributed by atoms with E-state index in [4.69, 9.17) is 5.73 Å². The Morgan fingerprint density at radius 2 is 1.84 bits per heavy atom. The molecule has 0 spiro atoms. The van der Waals surface area contributed by atoms with Crippen LogP contribution in [-0.2, 0) is 13.0 Å². The monoisotopic (exact) mass is 255 g/mol. The summed E-state index contributed by atoms with van der Waals surface area (Å²) < 4.78 is 0. The molecule has 2 aromatic rings. The number of para-hydroxylation sites is 1. The van der Waals surface area contributed by atoms with Gasteiger partial charge in [-0.25, -0.2) is 0 Å². The average molecular weight is 255 g/mol. The number of pyridine rings is 1. The number of likely N-dealkylation sites (N-methyl/N-ethyl adjacent to an activating group) is 1. The third-order valence-corrected chi connectivity index (χ3v) is 3.36. The van der Waals surface area contributed by atoms with Crippen molar-refractivity contribution in [2.75, 3.05) is 18.8 Å². The van der Waals surface area contributed by atoms with Gasteiger partial charge < -0.3 is 5.73 Å². The number of hydrogen-bond acceptors (Lipinski definition) is 3. The summed E-state index contributed by atoms with van der Waals surface area (Å²) in [5.41, 5.74) is 9.41. The molecule has 2 rings (SSSR count). The standard InChI is InChI=1S/C16H21N3/c1-2-19(12-9-14-7-10-18-11-8-14)13-15-5-3-4-6-16(15)17/h3-8,10-11H,2,9,12-13,17H2,1H3. The summed E-state index contributed by atoms with van der Waals surface area (Å²) in [7, 11) is 0. The summed E-state index contributed by atoms with van der Waals surface area (Å²) in [4.78, 5) is 6.45. The van der Waals surface area contributed by atoms with E-state index in [0.29, 0.717) is 0 Å². The number of rotatable bonds is 6. The topological polar surface area (TPSA) is 42.2 Å². The Morgan fingerprint density at radius 1 is 1.11 bits per heavy atom. The molecular formula is C16H21N3. The molecule has 0 aliphatic heterocycles. The molecule has 0 unspecified atom stereocenters. The van der Waals surface area contributed by atoms with Crippen LogP contribution in [0.25, 0.3) is 0 Å². The highest BCUT2D eigenvalue weighted by atomic mass is 15.1. The van der Waals surface area contributed by atoms with Crippen LogP contribution in [0.15, 0.2) is 48.8 Å². The minimum Gasteiger partial charge on any atom is -0.398 e. The first-order valence-corrected chi connectivity index (χ1v) is 6.74. The van der Waals surface area contributed by atoms with Gasteiger partial charge in [-0.2, -0.15) is 0 Å². The van der Waals surface area contributed by atoms with Gasteiger partial charge in [-0.05, 0) is 42.3 Å². The van der Waals surface area contributed by atoms with Crippen molar-refractivity contribution in [2.45, 2.75) is 19.9 Å². The van der Waals surface area contributed by atoms with Crippen LogP contribution in [0.5, 0.6) is 0 Å². The molecule has 19 heavy (non-hydrogen) atoms. The van der Waals surface area contributed by atoms with Gasteiger partial charge in [-0.3, -0.25) is 9.88 Å². The van der Waals surface area contributed by atoms with Gasteiger partial charge in [0.25, 0.3) is 0 Å². The van der Waals surface area contributed by atoms with E-state index >= 15 is 0 Å². The molecule has 100 valence electrons. The van der Waals surface area contributed by atoms with Crippen LogP contribution in [0.4, 0.5) is 5.69 Å². The Kier molecular flexibility index (Phi) is 4.93. The van der Waals surface area contributed by atoms with E-state index in [1.807, 2.05) is 30.6 Å². The highest BCUT2D eigenvalue weighted by molar-refractivity contribution is 5.46. The van der Waals surface area contributed by atoms with Gasteiger partial charge >= 0.3 is 0 Å². The molecular weight excluding hydrogens is 234 g/mol. The van der Waals surface area contributed by atoms with E-state index in [-0.39, 0.29) is 0 Å². The summed E-state index contributed by atoms with van der Waals surface area (Å²) in [6, 6.07) is 12.2. The summed E-state index contributed by atoms with van der Waals surface area (Å²) in [6.45, 7) is 5.16. The third-order valence-electron chi connectivity index (χ3n) is 3.36. The summed E-state index contributed by atoms with van der Waals surface area (Å²) in [5, 5.41) is 0. The summed E-state index contributed by atoms with van der Waals surface area (Å²) in [5.74, 6) is 0. The van der Waals surface area contributed by atoms with Crippen LogP contribution in [0.1, 0.15) is 18.1 Å². The van der Waals surface area contributed by atoms with Crippen molar-refractivity contribution in [1.29, 1.82) is 0 Å². The molecule has 1 aromatic carbocycles. The van der Waals surface area contributed by atoms with Crippen molar-refractivity contribution in [1.82, 2.24) is 9.88 Å². The molecule has 2 N–H and O–H groups in total. The fourth-order valence-corrected chi connectivity index (χ4v) is 2.10. The third kappa shape index (κ3) is 4.07. The van der Waals surface area contributed by atoms with Crippen molar-refractivity contribution in [3.63, 3.8) is 0 Å². The zero-order chi connectivity index (χ0) is 13.5. The normalized spacial score (nSPS) is 10.8. The zero-order valence-corrected chi connectivity index (χ0v) is 11.4. The Balaban J connectivity index is 1.92. The molecule has 1 aromatic heterocycles. The molecule has 3 nitrogen and oxygen atoms in total. The Morgan fingerprint density at radius 3 is 2.53 bits per heavy atom. The fraction of sp³-hybridized carbons (Fsp3) is 0.312. The molecule has 0 fully saturated rings. The predicted molar refractivity (Wildman–Crippen MR) is 79.7 cm³/mol. The lowest BCUT2D eigenvalue weighted by Gasteiger charge is -2.21. The second-order valence-electron chi connectivity index (χ2n) is 4.67. The molecule has 0 aliphatic rings. The van der Waals surface area contributed by atoms with Crippen LogP contribution in [-0.4, -0.2) is 23.0 Å². The summed E-state index contributed by atoms with van der Waals surface area (Å²) in [6.07, 6.45) is 4.74. The second kappa shape index (κ2) is 6.90. The van der Waals surface area contributed by atoms with Gasteiger partial charge in [-0.15, -0.1) is 0 Å². The molecule has 0 aliphatic carbocycles. The molecule has 0 radical (unpaired) electrons. The molecule has 0 amide bonds. The number of anilines is 1. The quantitative estimate of drug-likeness (QED) is 0.807. The van der Waals surface area contributed by atoms with Crippen molar-refractivity contribution in [3.8, 4) is 0 Å². The first-order valence-electron chi connectivity index (χ1n) is 6.74. The molecule has 3 heteroatoms. The van der Waals surface area contributed by atoms with Gasteiger partial charge in [-0.1, -0.05) is 25.1 Å². The maximum absolute atomic E-state index is 6.00. The molecule has 0 saturated carbocycles. The first-order chi connectivity index (χ1) is 9.29. The number of aromatic nitrogens is 1. The predicted octanol–water partition coefficient (Wildman–Crippen LogP) is 2.73. The van der Waals surface area contributed by atoms with E-state index in [1.165, 1.54) is 11.1 Å². The van der Waals surface area contributed by atoms with Crippen molar-refractivity contribution in [3.05, 3.63) is 59.9 Å². The van der Waals surface area contributed by atoms with Gasteiger partial charge in [0.05, 0.1) is 0 Å². The van der Waals surface area contributed by atoms with Crippen molar-refractivity contribution in [2.24, 2.45) is 0 Å². The van der Waals surface area contributed by atoms with E-state index in [0.717, 1.165) is 31.7 Å². The van der Waals surface area contributed by atoms with Gasteiger partial charge in [0, 0.05) is 31.2 Å². The zero-order valence-electron chi connectivity index (χ0n) is 11.4. The maximum Gasteiger partial charge on any atom is 0.0359 e. The smallest absolute Gasteiger partial charge is 0.0359 e. The molecule has 0 bridgehead atoms. The Bertz CT molecular complexity index is 496. The number of nitrogen functional groups attached to an aromatic ring is 1. The number of nitrogens with two attached hydrogens (primary N) is 1. The van der Waals surface area contributed by atoms with E-state index < -0.39 is 0 Å². The van der Waals surface area contributed by atoms with Crippen molar-refractivity contribution >= 4 is 5.69 Å². The molecule has 0 atom stereocenters. The lowest BCUT2D eigenvalue weighted by molar-refractivity contribution is 0.284. The lowest BCUT2D eigenvalue weighted by atomic mass is 10.1. The molecule has 0 saturated heterocycles. The number of hydrogen-bond donors (Lipinski definition) is 1. The van der Waals surface area contributed by atoms with Gasteiger partial charge in [0.15, 0.2) is 0 Å².